The van der Waals surface area contributed by atoms with E-state index in [0.29, 0.717) is 18.3 Å². The van der Waals surface area contributed by atoms with Crippen LogP contribution in [-0.2, 0) is 4.74 Å². The third-order valence-corrected chi connectivity index (χ3v) is 7.63. The van der Waals surface area contributed by atoms with Crippen LogP contribution in [0.25, 0.3) is 0 Å². The summed E-state index contributed by atoms with van der Waals surface area (Å²) in [5.41, 5.74) is 0. The Bertz CT molecular complexity index is 505. The Morgan fingerprint density at radius 3 is 1.86 bits per heavy atom. The molecule has 0 bridgehead atoms. The topological polar surface area (TPSA) is 9.23 Å². The van der Waals surface area contributed by atoms with Gasteiger partial charge in [-0.3, -0.25) is 0 Å². The molecule has 0 spiro atoms. The number of hydrogen-bond acceptors (Lipinski definition) is 1. The molecule has 0 amide bonds. The van der Waals surface area contributed by atoms with Gasteiger partial charge in [-0.05, 0) is 74.0 Å². The van der Waals surface area contributed by atoms with Crippen molar-refractivity contribution in [3.8, 4) is 0 Å². The van der Waals surface area contributed by atoms with E-state index < -0.39 is 36.6 Å². The molecule has 6 atom stereocenters. The highest BCUT2D eigenvalue weighted by Crippen LogP contribution is 2.49. The monoisotopic (exact) mass is 408 g/mol. The first kappa shape index (κ1) is 21.9. The highest BCUT2D eigenvalue weighted by molar-refractivity contribution is 4.97. The van der Waals surface area contributed by atoms with Crippen LogP contribution in [0.2, 0.25) is 0 Å². The molecule has 0 aliphatic heterocycles. The van der Waals surface area contributed by atoms with Crippen LogP contribution >= 0.6 is 0 Å². The normalized spacial score (nSPS) is 47.4. The predicted molar refractivity (Wildman–Crippen MR) is 99.1 cm³/mol. The van der Waals surface area contributed by atoms with E-state index in [1.165, 1.54) is 12.8 Å². The third kappa shape index (κ3) is 5.02. The number of alkyl halides is 3. The van der Waals surface area contributed by atoms with E-state index in [2.05, 4.69) is 11.7 Å². The Kier molecular flexibility index (Phi) is 7.30. The van der Waals surface area contributed by atoms with Crippen molar-refractivity contribution in [2.75, 3.05) is 0 Å². The van der Waals surface area contributed by atoms with Crippen LogP contribution in [0.5, 0.6) is 0 Å². The summed E-state index contributed by atoms with van der Waals surface area (Å²) in [5, 5.41) is 0. The van der Waals surface area contributed by atoms with Crippen LogP contribution in [0.1, 0.15) is 65.2 Å². The van der Waals surface area contributed by atoms with Crippen LogP contribution in [0.4, 0.5) is 22.0 Å². The molecule has 162 valence electrons. The zero-order valence-electron chi connectivity index (χ0n) is 16.8. The molecule has 28 heavy (non-hydrogen) atoms. The second kappa shape index (κ2) is 9.34. The van der Waals surface area contributed by atoms with Gasteiger partial charge in [0.15, 0.2) is 6.10 Å². The first-order valence-electron chi connectivity index (χ1n) is 10.8. The summed E-state index contributed by atoms with van der Waals surface area (Å²) >= 11 is 0. The van der Waals surface area contributed by atoms with Crippen molar-refractivity contribution in [1.29, 1.82) is 0 Å². The molecule has 6 heteroatoms. The average Bonchev–Trinajstić information content (AvgIpc) is 2.60. The maximum atomic E-state index is 15.2. The molecule has 1 nitrogen and oxygen atoms in total. The number of rotatable bonds is 4. The summed E-state index contributed by atoms with van der Waals surface area (Å²) in [6, 6.07) is 0. The Labute approximate surface area is 165 Å². The van der Waals surface area contributed by atoms with Crippen molar-refractivity contribution in [1.82, 2.24) is 0 Å². The fourth-order valence-corrected chi connectivity index (χ4v) is 6.22. The van der Waals surface area contributed by atoms with Gasteiger partial charge >= 0.3 is 6.08 Å². The van der Waals surface area contributed by atoms with Gasteiger partial charge in [0.1, 0.15) is 24.8 Å². The van der Waals surface area contributed by atoms with Gasteiger partial charge in [-0.1, -0.05) is 26.7 Å². The molecule has 3 aliphatic rings. The van der Waals surface area contributed by atoms with E-state index in [1.54, 1.807) is 0 Å². The largest absolute Gasteiger partial charge is 0.486 e. The fraction of sp³-hybridized carbons (Fsp3) is 0.909. The van der Waals surface area contributed by atoms with Gasteiger partial charge < -0.3 is 4.74 Å². The number of ether oxygens (including phenoxy) is 1. The molecule has 0 aromatic carbocycles. The maximum Gasteiger partial charge on any atom is 0.304 e. The molecule has 3 saturated carbocycles. The van der Waals surface area contributed by atoms with Gasteiger partial charge in [0.05, 0.1) is 0 Å². The second-order valence-corrected chi connectivity index (χ2v) is 9.59. The standard InChI is InChI=1S/C22H33F5O/c1-12-3-5-14(6-4-12)15-7-13(2)21(17(23)8-15)16-9-18(24)22(19(25)10-16)28-11-20(26)27/h11-19,21-22H,3-10H2,1-2H3/t12?,13?,14?,15-,16?,17?,18?,19?,21?,22?/m1/s1. The van der Waals surface area contributed by atoms with Crippen LogP contribution < -0.4 is 0 Å². The molecule has 3 aliphatic carbocycles. The summed E-state index contributed by atoms with van der Waals surface area (Å²) < 4.78 is 73.0. The molecule has 3 rings (SSSR count). The Hall–Kier alpha value is -0.810. The lowest BCUT2D eigenvalue weighted by Crippen LogP contribution is -2.48. The molecular weight excluding hydrogens is 375 g/mol. The van der Waals surface area contributed by atoms with Crippen molar-refractivity contribution in [2.24, 2.45) is 35.5 Å². The lowest BCUT2D eigenvalue weighted by Gasteiger charge is -2.47. The Morgan fingerprint density at radius 1 is 0.750 bits per heavy atom. The van der Waals surface area contributed by atoms with E-state index in [4.69, 9.17) is 0 Å². The minimum Gasteiger partial charge on any atom is -0.486 e. The Balaban J connectivity index is 1.59. The van der Waals surface area contributed by atoms with Gasteiger partial charge in [-0.25, -0.2) is 13.2 Å². The molecule has 0 N–H and O–H groups in total. The average molecular weight is 408 g/mol. The summed E-state index contributed by atoms with van der Waals surface area (Å²) in [7, 11) is 0. The van der Waals surface area contributed by atoms with Crippen LogP contribution in [0.15, 0.2) is 12.3 Å². The summed E-state index contributed by atoms with van der Waals surface area (Å²) in [6.45, 7) is 4.28. The molecule has 0 aromatic heterocycles. The fourth-order valence-electron chi connectivity index (χ4n) is 6.22. The second-order valence-electron chi connectivity index (χ2n) is 9.59. The van der Waals surface area contributed by atoms with E-state index in [0.717, 1.165) is 25.2 Å². The minimum atomic E-state index is -2.12. The van der Waals surface area contributed by atoms with Gasteiger partial charge in [0, 0.05) is 0 Å². The van der Waals surface area contributed by atoms with Gasteiger partial charge in [0.25, 0.3) is 0 Å². The molecule has 0 radical (unpaired) electrons. The van der Waals surface area contributed by atoms with E-state index in [-0.39, 0.29) is 30.9 Å². The smallest absolute Gasteiger partial charge is 0.304 e. The van der Waals surface area contributed by atoms with Crippen LogP contribution in [0, 0.1) is 35.5 Å². The SMILES string of the molecule is CC1CCC([C@@H]2CC(C)C(C3CC(F)C(OC=C(F)F)C(F)C3)C(F)C2)CC1. The van der Waals surface area contributed by atoms with Crippen molar-refractivity contribution in [2.45, 2.75) is 89.8 Å². The van der Waals surface area contributed by atoms with Crippen molar-refractivity contribution in [3.63, 3.8) is 0 Å². The van der Waals surface area contributed by atoms with E-state index in [9.17, 15) is 17.6 Å². The van der Waals surface area contributed by atoms with Crippen LogP contribution in [0.3, 0.4) is 0 Å². The maximum absolute atomic E-state index is 15.2. The van der Waals surface area contributed by atoms with Crippen molar-refractivity contribution >= 4 is 0 Å². The summed E-state index contributed by atoms with van der Waals surface area (Å²) in [4.78, 5) is 0. The van der Waals surface area contributed by atoms with Crippen molar-refractivity contribution < 1.29 is 26.7 Å². The molecule has 0 heterocycles. The summed E-state index contributed by atoms with van der Waals surface area (Å²) in [5.74, 6) is 1.03. The van der Waals surface area contributed by atoms with E-state index >= 15 is 4.39 Å². The predicted octanol–water partition coefficient (Wildman–Crippen LogP) is 7.02. The lowest BCUT2D eigenvalue weighted by atomic mass is 9.61. The van der Waals surface area contributed by atoms with E-state index in [1.807, 2.05) is 6.92 Å². The molecule has 0 aromatic rings. The molecular formula is C22H33F5O. The summed E-state index contributed by atoms with van der Waals surface area (Å²) in [6.07, 6.45) is -1.84. The van der Waals surface area contributed by atoms with Gasteiger partial charge in [-0.15, -0.1) is 0 Å². The molecule has 5 unspecified atom stereocenters. The number of hydrogen-bond donors (Lipinski definition) is 0. The zero-order chi connectivity index (χ0) is 20.4. The highest BCUT2D eigenvalue weighted by Gasteiger charge is 2.48. The quantitative estimate of drug-likeness (QED) is 0.359. The first-order valence-corrected chi connectivity index (χ1v) is 10.8. The molecule has 3 fully saturated rings. The zero-order valence-corrected chi connectivity index (χ0v) is 16.8. The first-order chi connectivity index (χ1) is 13.3. The third-order valence-electron chi connectivity index (χ3n) is 7.63. The minimum absolute atomic E-state index is 0.0200. The van der Waals surface area contributed by atoms with Crippen LogP contribution in [-0.4, -0.2) is 24.6 Å². The Morgan fingerprint density at radius 2 is 1.32 bits per heavy atom. The molecule has 0 saturated heterocycles. The lowest BCUT2D eigenvalue weighted by molar-refractivity contribution is -0.0791. The van der Waals surface area contributed by atoms with Gasteiger partial charge in [0.2, 0.25) is 0 Å². The number of halogens is 5. The highest BCUT2D eigenvalue weighted by atomic mass is 19.3. The van der Waals surface area contributed by atoms with Crippen molar-refractivity contribution in [3.05, 3.63) is 12.3 Å². The van der Waals surface area contributed by atoms with Gasteiger partial charge in [-0.2, -0.15) is 8.78 Å².